The molecule has 1 aromatic rings. The number of alkyl halides is 3. The third kappa shape index (κ3) is 2.31. The lowest BCUT2D eigenvalue weighted by Crippen LogP contribution is -2.14. The average molecular weight is 247 g/mol. The fourth-order valence-electron chi connectivity index (χ4n) is 2.10. The van der Waals surface area contributed by atoms with Crippen molar-refractivity contribution in [2.75, 3.05) is 13.1 Å². The topological polar surface area (TPSA) is 52.5 Å². The maximum atomic E-state index is 12.8. The number of rotatable bonds is 1. The summed E-state index contributed by atoms with van der Waals surface area (Å²) in [4.78, 5) is 0. The Morgan fingerprint density at radius 3 is 2.35 bits per heavy atom. The van der Waals surface area contributed by atoms with Gasteiger partial charge in [0, 0.05) is 6.54 Å². The van der Waals surface area contributed by atoms with Crippen molar-refractivity contribution in [3.63, 3.8) is 0 Å². The summed E-state index contributed by atoms with van der Waals surface area (Å²) in [5.74, 6) is -1.54. The zero-order valence-corrected chi connectivity index (χ0v) is 8.88. The summed E-state index contributed by atoms with van der Waals surface area (Å²) in [6.45, 7) is 1.11. The highest BCUT2D eigenvalue weighted by Gasteiger charge is 2.37. The molecule has 1 heterocycles. The second-order valence-corrected chi connectivity index (χ2v) is 4.12. The van der Waals surface area contributed by atoms with Crippen LogP contribution < -0.4 is 5.32 Å². The summed E-state index contributed by atoms with van der Waals surface area (Å²) in [6.07, 6.45) is -3.93. The van der Waals surface area contributed by atoms with E-state index in [1.54, 1.807) is 0 Å². The van der Waals surface area contributed by atoms with Crippen molar-refractivity contribution < 1.29 is 23.4 Å². The summed E-state index contributed by atoms with van der Waals surface area (Å²) in [5, 5.41) is 21.4. The molecule has 17 heavy (non-hydrogen) atoms. The minimum atomic E-state index is -4.52. The molecule has 0 aromatic heterocycles. The van der Waals surface area contributed by atoms with Crippen LogP contribution in [0.5, 0.6) is 11.5 Å². The first kappa shape index (κ1) is 12.0. The van der Waals surface area contributed by atoms with Gasteiger partial charge in [-0.25, -0.2) is 0 Å². The lowest BCUT2D eigenvalue weighted by atomic mass is 9.92. The first-order chi connectivity index (χ1) is 7.89. The predicted octanol–water partition coefficient (Wildman–Crippen LogP) is 2.19. The molecule has 3 nitrogen and oxygen atoms in total. The van der Waals surface area contributed by atoms with Crippen molar-refractivity contribution in [1.29, 1.82) is 0 Å². The van der Waals surface area contributed by atoms with E-state index < -0.39 is 23.2 Å². The molecule has 0 bridgehead atoms. The molecule has 6 heteroatoms. The predicted molar refractivity (Wildman–Crippen MR) is 55.0 cm³/mol. The molecule has 0 radical (unpaired) electrons. The molecule has 1 aromatic carbocycles. The van der Waals surface area contributed by atoms with Gasteiger partial charge in [0.1, 0.15) is 0 Å². The molecule has 1 unspecified atom stereocenters. The Bertz CT molecular complexity index is 425. The van der Waals surface area contributed by atoms with Gasteiger partial charge in [0.2, 0.25) is 0 Å². The van der Waals surface area contributed by atoms with E-state index in [0.29, 0.717) is 25.6 Å². The number of phenolic OH excluding ortho intramolecular Hbond substituents is 2. The van der Waals surface area contributed by atoms with Crippen LogP contribution >= 0.6 is 0 Å². The Morgan fingerprint density at radius 1 is 1.18 bits per heavy atom. The molecule has 1 aliphatic rings. The van der Waals surface area contributed by atoms with Crippen LogP contribution in [0.1, 0.15) is 23.5 Å². The number of benzene rings is 1. The third-order valence-electron chi connectivity index (χ3n) is 2.95. The Morgan fingerprint density at radius 2 is 1.82 bits per heavy atom. The number of aromatic hydroxyl groups is 2. The fourth-order valence-corrected chi connectivity index (χ4v) is 2.10. The van der Waals surface area contributed by atoms with Crippen LogP contribution in [0.2, 0.25) is 0 Å². The van der Waals surface area contributed by atoms with Crippen molar-refractivity contribution in [2.24, 2.45) is 0 Å². The normalized spacial score (nSPS) is 20.8. The molecule has 0 aliphatic carbocycles. The molecule has 0 saturated carbocycles. The zero-order chi connectivity index (χ0) is 12.6. The van der Waals surface area contributed by atoms with Gasteiger partial charge in [0.15, 0.2) is 11.5 Å². The number of hydrogen-bond acceptors (Lipinski definition) is 3. The molecule has 2 rings (SSSR count). The van der Waals surface area contributed by atoms with Crippen LogP contribution in [0, 0.1) is 0 Å². The molecule has 94 valence electrons. The van der Waals surface area contributed by atoms with Crippen molar-refractivity contribution >= 4 is 0 Å². The Hall–Kier alpha value is -1.43. The highest BCUT2D eigenvalue weighted by atomic mass is 19.4. The molecule has 3 N–H and O–H groups in total. The summed E-state index contributed by atoms with van der Waals surface area (Å²) in [7, 11) is 0. The largest absolute Gasteiger partial charge is 0.504 e. The van der Waals surface area contributed by atoms with Gasteiger partial charge >= 0.3 is 6.18 Å². The molecule has 1 atom stereocenters. The second kappa shape index (κ2) is 4.10. The quantitative estimate of drug-likeness (QED) is 0.667. The van der Waals surface area contributed by atoms with Crippen molar-refractivity contribution in [3.05, 3.63) is 23.3 Å². The molecular weight excluding hydrogens is 235 g/mol. The highest BCUT2D eigenvalue weighted by Crippen LogP contribution is 2.42. The first-order valence-electron chi connectivity index (χ1n) is 5.23. The molecule has 1 aliphatic heterocycles. The number of hydrogen-bond donors (Lipinski definition) is 3. The standard InChI is InChI=1S/C11H12F3NO2/c12-11(13,14)8-4-10(17)9(16)3-7(8)6-1-2-15-5-6/h3-4,6,15-17H,1-2,5H2. The second-order valence-electron chi connectivity index (χ2n) is 4.12. The van der Waals surface area contributed by atoms with Crippen LogP contribution in [0.15, 0.2) is 12.1 Å². The van der Waals surface area contributed by atoms with E-state index in [-0.39, 0.29) is 11.5 Å². The lowest BCUT2D eigenvalue weighted by molar-refractivity contribution is -0.138. The van der Waals surface area contributed by atoms with Gasteiger partial charge in [0.05, 0.1) is 5.56 Å². The smallest absolute Gasteiger partial charge is 0.416 e. The fraction of sp³-hybridized carbons (Fsp3) is 0.455. The van der Waals surface area contributed by atoms with E-state index >= 15 is 0 Å². The number of halogens is 3. The van der Waals surface area contributed by atoms with Crippen molar-refractivity contribution in [3.8, 4) is 11.5 Å². The Kier molecular flexibility index (Phi) is 2.91. The summed E-state index contributed by atoms with van der Waals surface area (Å²) in [6, 6.07) is 1.60. The van der Waals surface area contributed by atoms with E-state index in [9.17, 15) is 18.3 Å². The van der Waals surface area contributed by atoms with Gasteiger partial charge in [0.25, 0.3) is 0 Å². The van der Waals surface area contributed by atoms with Gasteiger partial charge in [-0.1, -0.05) is 0 Å². The molecule has 0 spiro atoms. The van der Waals surface area contributed by atoms with Crippen LogP contribution in [0.3, 0.4) is 0 Å². The first-order valence-corrected chi connectivity index (χ1v) is 5.23. The summed E-state index contributed by atoms with van der Waals surface area (Å²) >= 11 is 0. The van der Waals surface area contributed by atoms with Gasteiger partial charge in [-0.2, -0.15) is 13.2 Å². The van der Waals surface area contributed by atoms with E-state index in [1.807, 2.05) is 0 Å². The molecule has 1 saturated heterocycles. The van der Waals surface area contributed by atoms with Gasteiger partial charge < -0.3 is 15.5 Å². The highest BCUT2D eigenvalue weighted by molar-refractivity contribution is 5.48. The van der Waals surface area contributed by atoms with Gasteiger partial charge in [-0.15, -0.1) is 0 Å². The Balaban J connectivity index is 2.51. The maximum Gasteiger partial charge on any atom is 0.416 e. The molecular formula is C11H12F3NO2. The number of nitrogens with one attached hydrogen (secondary N) is 1. The van der Waals surface area contributed by atoms with E-state index in [0.717, 1.165) is 6.07 Å². The van der Waals surface area contributed by atoms with Crippen LogP contribution in [-0.4, -0.2) is 23.3 Å². The van der Waals surface area contributed by atoms with E-state index in [2.05, 4.69) is 5.32 Å². The monoisotopic (exact) mass is 247 g/mol. The minimum Gasteiger partial charge on any atom is -0.504 e. The van der Waals surface area contributed by atoms with Crippen LogP contribution in [0.4, 0.5) is 13.2 Å². The van der Waals surface area contributed by atoms with Crippen LogP contribution in [-0.2, 0) is 6.18 Å². The van der Waals surface area contributed by atoms with Gasteiger partial charge in [-0.3, -0.25) is 0 Å². The van der Waals surface area contributed by atoms with E-state index in [1.165, 1.54) is 0 Å². The SMILES string of the molecule is Oc1cc(C2CCNC2)c(C(F)(F)F)cc1O. The average Bonchev–Trinajstić information content (AvgIpc) is 2.73. The zero-order valence-electron chi connectivity index (χ0n) is 8.88. The maximum absolute atomic E-state index is 12.8. The minimum absolute atomic E-state index is 0.0396. The van der Waals surface area contributed by atoms with Crippen LogP contribution in [0.25, 0.3) is 0 Å². The third-order valence-corrected chi connectivity index (χ3v) is 2.95. The Labute approximate surface area is 95.9 Å². The lowest BCUT2D eigenvalue weighted by Gasteiger charge is -2.18. The summed E-state index contributed by atoms with van der Waals surface area (Å²) < 4.78 is 38.4. The molecule has 1 fully saturated rings. The number of phenols is 2. The van der Waals surface area contributed by atoms with Gasteiger partial charge in [-0.05, 0) is 36.6 Å². The van der Waals surface area contributed by atoms with Crippen molar-refractivity contribution in [1.82, 2.24) is 5.32 Å². The van der Waals surface area contributed by atoms with Crippen molar-refractivity contribution in [2.45, 2.75) is 18.5 Å². The van der Waals surface area contributed by atoms with E-state index in [4.69, 9.17) is 5.11 Å². The molecule has 0 amide bonds. The summed E-state index contributed by atoms with van der Waals surface area (Å²) in [5.41, 5.74) is -0.834.